The molecule has 1 aromatic rings. The molecule has 0 saturated carbocycles. The van der Waals surface area contributed by atoms with Crippen LogP contribution in [0, 0.1) is 11.7 Å². The lowest BCUT2D eigenvalue weighted by Gasteiger charge is -2.29. The zero-order valence-corrected chi connectivity index (χ0v) is 11.9. The lowest BCUT2D eigenvalue weighted by Crippen LogP contribution is -2.39. The van der Waals surface area contributed by atoms with Crippen LogP contribution in [0.3, 0.4) is 0 Å². The molecule has 0 radical (unpaired) electrons. The fourth-order valence-electron chi connectivity index (χ4n) is 3.32. The highest BCUT2D eigenvalue weighted by molar-refractivity contribution is 5.79. The summed E-state index contributed by atoms with van der Waals surface area (Å²) in [7, 11) is 2.09. The van der Waals surface area contributed by atoms with E-state index in [0.717, 1.165) is 49.9 Å². The SMILES string of the molecule is CN1CCC(C(=O)NC2CCc3c(F)cccc32)CC1. The van der Waals surface area contributed by atoms with E-state index in [1.165, 1.54) is 6.07 Å². The number of hydrogen-bond donors (Lipinski definition) is 1. The normalized spacial score (nSPS) is 23.6. The van der Waals surface area contributed by atoms with E-state index in [1.807, 2.05) is 6.07 Å². The van der Waals surface area contributed by atoms with Crippen LogP contribution in [-0.2, 0) is 11.2 Å². The number of benzene rings is 1. The molecule has 108 valence electrons. The fourth-order valence-corrected chi connectivity index (χ4v) is 3.32. The van der Waals surface area contributed by atoms with Crippen LogP contribution in [0.5, 0.6) is 0 Å². The summed E-state index contributed by atoms with van der Waals surface area (Å²) in [6.45, 7) is 1.96. The van der Waals surface area contributed by atoms with Gasteiger partial charge >= 0.3 is 0 Å². The van der Waals surface area contributed by atoms with E-state index in [2.05, 4.69) is 17.3 Å². The number of halogens is 1. The minimum atomic E-state index is -0.140. The third-order valence-electron chi connectivity index (χ3n) is 4.62. The van der Waals surface area contributed by atoms with E-state index in [1.54, 1.807) is 6.07 Å². The molecule has 1 aliphatic heterocycles. The van der Waals surface area contributed by atoms with Gasteiger partial charge in [0, 0.05) is 5.92 Å². The maximum absolute atomic E-state index is 13.7. The molecule has 1 aliphatic carbocycles. The summed E-state index contributed by atoms with van der Waals surface area (Å²) >= 11 is 0. The average molecular weight is 276 g/mol. The Morgan fingerprint density at radius 2 is 2.05 bits per heavy atom. The molecule has 2 aliphatic rings. The monoisotopic (exact) mass is 276 g/mol. The first kappa shape index (κ1) is 13.6. The summed E-state index contributed by atoms with van der Waals surface area (Å²) in [5.41, 5.74) is 1.74. The number of nitrogens with zero attached hydrogens (tertiary/aromatic N) is 1. The quantitative estimate of drug-likeness (QED) is 0.898. The van der Waals surface area contributed by atoms with E-state index in [9.17, 15) is 9.18 Å². The number of carbonyl (C=O) groups is 1. The third-order valence-corrected chi connectivity index (χ3v) is 4.62. The highest BCUT2D eigenvalue weighted by atomic mass is 19.1. The van der Waals surface area contributed by atoms with Gasteiger partial charge in [0.05, 0.1) is 6.04 Å². The van der Waals surface area contributed by atoms with Crippen LogP contribution >= 0.6 is 0 Å². The summed E-state index contributed by atoms with van der Waals surface area (Å²) in [5, 5.41) is 3.12. The number of nitrogens with one attached hydrogen (secondary N) is 1. The van der Waals surface area contributed by atoms with Crippen molar-refractivity contribution in [1.29, 1.82) is 0 Å². The van der Waals surface area contributed by atoms with Crippen molar-refractivity contribution in [2.45, 2.75) is 31.7 Å². The lowest BCUT2D eigenvalue weighted by molar-refractivity contribution is -0.127. The van der Waals surface area contributed by atoms with Gasteiger partial charge in [-0.05, 0) is 63.0 Å². The smallest absolute Gasteiger partial charge is 0.223 e. The van der Waals surface area contributed by atoms with Gasteiger partial charge in [-0.25, -0.2) is 4.39 Å². The Morgan fingerprint density at radius 1 is 1.30 bits per heavy atom. The summed E-state index contributed by atoms with van der Waals surface area (Å²) < 4.78 is 13.7. The Morgan fingerprint density at radius 3 is 2.80 bits per heavy atom. The predicted molar refractivity (Wildman–Crippen MR) is 75.8 cm³/mol. The van der Waals surface area contributed by atoms with Crippen LogP contribution in [0.2, 0.25) is 0 Å². The van der Waals surface area contributed by atoms with E-state index in [0.29, 0.717) is 0 Å². The number of fused-ring (bicyclic) bond motifs is 1. The van der Waals surface area contributed by atoms with Crippen molar-refractivity contribution in [1.82, 2.24) is 10.2 Å². The molecule has 4 heteroatoms. The van der Waals surface area contributed by atoms with Crippen LogP contribution in [0.4, 0.5) is 4.39 Å². The molecule has 1 saturated heterocycles. The molecule has 1 atom stereocenters. The largest absolute Gasteiger partial charge is 0.349 e. The molecule has 1 N–H and O–H groups in total. The third kappa shape index (κ3) is 2.57. The van der Waals surface area contributed by atoms with Gasteiger partial charge in [0.2, 0.25) is 5.91 Å². The van der Waals surface area contributed by atoms with Gasteiger partial charge in [-0.1, -0.05) is 12.1 Å². The maximum atomic E-state index is 13.7. The van der Waals surface area contributed by atoms with Crippen LogP contribution in [0.15, 0.2) is 18.2 Å². The molecule has 1 unspecified atom stereocenters. The second kappa shape index (κ2) is 5.52. The Kier molecular flexibility index (Phi) is 3.74. The minimum Gasteiger partial charge on any atom is -0.349 e. The van der Waals surface area contributed by atoms with Crippen molar-refractivity contribution in [2.75, 3.05) is 20.1 Å². The zero-order valence-electron chi connectivity index (χ0n) is 11.9. The Hall–Kier alpha value is -1.42. The maximum Gasteiger partial charge on any atom is 0.223 e. The van der Waals surface area contributed by atoms with E-state index in [4.69, 9.17) is 0 Å². The Labute approximate surface area is 119 Å². The van der Waals surface area contributed by atoms with Crippen molar-refractivity contribution >= 4 is 5.91 Å². The summed E-state index contributed by atoms with van der Waals surface area (Å²) in [6.07, 6.45) is 3.38. The molecule has 1 amide bonds. The molecule has 1 heterocycles. The number of carbonyl (C=O) groups excluding carboxylic acids is 1. The van der Waals surface area contributed by atoms with Gasteiger partial charge in [0.25, 0.3) is 0 Å². The molecule has 20 heavy (non-hydrogen) atoms. The first-order valence-electron chi connectivity index (χ1n) is 7.41. The molecule has 1 aromatic carbocycles. The molecule has 0 aromatic heterocycles. The van der Waals surface area contributed by atoms with Crippen molar-refractivity contribution in [3.63, 3.8) is 0 Å². The molecule has 0 bridgehead atoms. The summed E-state index contributed by atoms with van der Waals surface area (Å²) in [4.78, 5) is 14.6. The van der Waals surface area contributed by atoms with Gasteiger partial charge in [0.1, 0.15) is 5.82 Å². The number of likely N-dealkylation sites (tertiary alicyclic amines) is 1. The van der Waals surface area contributed by atoms with Crippen molar-refractivity contribution in [3.8, 4) is 0 Å². The summed E-state index contributed by atoms with van der Waals surface area (Å²) in [5.74, 6) is 0.113. The Balaban J connectivity index is 1.65. The average Bonchev–Trinajstić information content (AvgIpc) is 2.84. The van der Waals surface area contributed by atoms with E-state index >= 15 is 0 Å². The molecule has 3 rings (SSSR count). The van der Waals surface area contributed by atoms with E-state index in [-0.39, 0.29) is 23.7 Å². The first-order valence-corrected chi connectivity index (χ1v) is 7.41. The predicted octanol–water partition coefficient (Wildman–Crippen LogP) is 2.27. The number of piperidine rings is 1. The van der Waals surface area contributed by atoms with Gasteiger partial charge in [0.15, 0.2) is 0 Å². The topological polar surface area (TPSA) is 32.3 Å². The zero-order chi connectivity index (χ0) is 14.1. The van der Waals surface area contributed by atoms with Gasteiger partial charge in [-0.3, -0.25) is 4.79 Å². The molecular weight excluding hydrogens is 255 g/mol. The van der Waals surface area contributed by atoms with E-state index < -0.39 is 0 Å². The number of hydrogen-bond acceptors (Lipinski definition) is 2. The highest BCUT2D eigenvalue weighted by Gasteiger charge is 2.29. The molecule has 3 nitrogen and oxygen atoms in total. The van der Waals surface area contributed by atoms with Crippen LogP contribution in [-0.4, -0.2) is 30.9 Å². The summed E-state index contributed by atoms with van der Waals surface area (Å²) in [6, 6.07) is 5.16. The van der Waals surface area contributed by atoms with Crippen LogP contribution in [0.25, 0.3) is 0 Å². The van der Waals surface area contributed by atoms with Gasteiger partial charge in [-0.2, -0.15) is 0 Å². The first-order chi connectivity index (χ1) is 9.65. The number of amides is 1. The molecular formula is C16H21FN2O. The lowest BCUT2D eigenvalue weighted by atomic mass is 9.95. The standard InChI is InChI=1S/C16H21FN2O/c1-19-9-7-11(8-10-19)16(20)18-15-6-5-12-13(15)3-2-4-14(12)17/h2-4,11,15H,5-10H2,1H3,(H,18,20). The van der Waals surface area contributed by atoms with Crippen LogP contribution < -0.4 is 5.32 Å². The number of rotatable bonds is 2. The Bertz CT molecular complexity index is 509. The molecule has 0 spiro atoms. The highest BCUT2D eigenvalue weighted by Crippen LogP contribution is 2.33. The van der Waals surface area contributed by atoms with Gasteiger partial charge < -0.3 is 10.2 Å². The van der Waals surface area contributed by atoms with Gasteiger partial charge in [-0.15, -0.1) is 0 Å². The second-order valence-electron chi connectivity index (χ2n) is 5.99. The minimum absolute atomic E-state index is 0.00661. The van der Waals surface area contributed by atoms with Crippen molar-refractivity contribution in [2.24, 2.45) is 5.92 Å². The van der Waals surface area contributed by atoms with Crippen molar-refractivity contribution in [3.05, 3.63) is 35.1 Å². The molecule has 1 fully saturated rings. The fraction of sp³-hybridized carbons (Fsp3) is 0.562. The van der Waals surface area contributed by atoms with Crippen LogP contribution in [0.1, 0.15) is 36.4 Å². The second-order valence-corrected chi connectivity index (χ2v) is 5.99. The van der Waals surface area contributed by atoms with Crippen molar-refractivity contribution < 1.29 is 9.18 Å².